The number of anilines is 1. The molecule has 4 heteroatoms. The highest BCUT2D eigenvalue weighted by Gasteiger charge is 2.06. The van der Waals surface area contributed by atoms with E-state index >= 15 is 0 Å². The Balaban J connectivity index is 2.78. The van der Waals surface area contributed by atoms with Gasteiger partial charge < -0.3 is 20.1 Å². The Bertz CT molecular complexity index is 356. The molecule has 2 N–H and O–H groups in total. The van der Waals surface area contributed by atoms with Crippen LogP contribution in [0.2, 0.25) is 0 Å². The lowest BCUT2D eigenvalue weighted by atomic mass is 10.2. The minimum Gasteiger partial charge on any atom is -0.494 e. The summed E-state index contributed by atoms with van der Waals surface area (Å²) < 4.78 is 11.1. The molecule has 0 aliphatic rings. The zero-order valence-electron chi connectivity index (χ0n) is 11.7. The van der Waals surface area contributed by atoms with Crippen LogP contribution in [0.4, 0.5) is 5.69 Å². The molecule has 0 heterocycles. The molecule has 0 saturated carbocycles. The van der Waals surface area contributed by atoms with Crippen LogP contribution in [-0.4, -0.2) is 32.8 Å². The van der Waals surface area contributed by atoms with E-state index in [0.29, 0.717) is 19.3 Å². The van der Waals surface area contributed by atoms with Gasteiger partial charge in [-0.05, 0) is 40.0 Å². The van der Waals surface area contributed by atoms with E-state index in [1.807, 2.05) is 39.1 Å². The first-order valence-corrected chi connectivity index (χ1v) is 6.52. The zero-order chi connectivity index (χ0) is 13.4. The van der Waals surface area contributed by atoms with Crippen molar-refractivity contribution in [1.29, 1.82) is 0 Å². The Labute approximate surface area is 110 Å². The summed E-state index contributed by atoms with van der Waals surface area (Å²) in [6, 6.07) is 6.26. The molecule has 0 spiro atoms. The van der Waals surface area contributed by atoms with Gasteiger partial charge in [0.2, 0.25) is 0 Å². The molecule has 1 rings (SSSR count). The summed E-state index contributed by atoms with van der Waals surface area (Å²) in [5, 5.41) is 6.57. The van der Waals surface area contributed by atoms with E-state index in [-0.39, 0.29) is 0 Å². The summed E-state index contributed by atoms with van der Waals surface area (Å²) in [5.41, 5.74) is 0.977. The fourth-order valence-corrected chi connectivity index (χ4v) is 1.55. The Morgan fingerprint density at radius 3 is 2.50 bits per heavy atom. The van der Waals surface area contributed by atoms with Gasteiger partial charge in [0, 0.05) is 18.7 Å². The SMILES string of the molecule is CCOc1ccc(OCC)c(NCC(C)NC)c1. The normalized spacial score (nSPS) is 12.0. The van der Waals surface area contributed by atoms with Crippen molar-refractivity contribution in [1.82, 2.24) is 5.32 Å². The molecule has 0 bridgehead atoms. The number of hydrogen-bond acceptors (Lipinski definition) is 4. The van der Waals surface area contributed by atoms with Crippen LogP contribution in [-0.2, 0) is 0 Å². The van der Waals surface area contributed by atoms with Gasteiger partial charge in [0.05, 0.1) is 18.9 Å². The van der Waals surface area contributed by atoms with Crippen LogP contribution in [0.15, 0.2) is 18.2 Å². The van der Waals surface area contributed by atoms with E-state index in [1.54, 1.807) is 0 Å². The van der Waals surface area contributed by atoms with Gasteiger partial charge in [0.15, 0.2) is 0 Å². The maximum absolute atomic E-state index is 5.60. The van der Waals surface area contributed by atoms with Crippen molar-refractivity contribution in [3.8, 4) is 11.5 Å². The Morgan fingerprint density at radius 2 is 1.89 bits per heavy atom. The molecule has 18 heavy (non-hydrogen) atoms. The molecule has 0 aliphatic heterocycles. The first kappa shape index (κ1) is 14.6. The number of nitrogens with one attached hydrogen (secondary N) is 2. The molecule has 0 aromatic heterocycles. The van der Waals surface area contributed by atoms with Crippen molar-refractivity contribution in [2.24, 2.45) is 0 Å². The summed E-state index contributed by atoms with van der Waals surface area (Å²) >= 11 is 0. The molecule has 1 aromatic rings. The zero-order valence-corrected chi connectivity index (χ0v) is 11.7. The second-order valence-electron chi connectivity index (χ2n) is 4.09. The van der Waals surface area contributed by atoms with Crippen LogP contribution >= 0.6 is 0 Å². The minimum absolute atomic E-state index is 0.398. The molecular formula is C14H24N2O2. The summed E-state index contributed by atoms with van der Waals surface area (Å²) in [6.45, 7) is 8.25. The van der Waals surface area contributed by atoms with E-state index in [9.17, 15) is 0 Å². The van der Waals surface area contributed by atoms with Crippen molar-refractivity contribution in [2.45, 2.75) is 26.8 Å². The molecule has 0 aliphatic carbocycles. The van der Waals surface area contributed by atoms with E-state index in [0.717, 1.165) is 23.7 Å². The lowest BCUT2D eigenvalue weighted by Crippen LogP contribution is -2.29. The number of hydrogen-bond donors (Lipinski definition) is 2. The highest BCUT2D eigenvalue weighted by molar-refractivity contribution is 5.59. The van der Waals surface area contributed by atoms with Gasteiger partial charge in [-0.25, -0.2) is 0 Å². The van der Waals surface area contributed by atoms with E-state index < -0.39 is 0 Å². The van der Waals surface area contributed by atoms with Crippen molar-refractivity contribution in [3.63, 3.8) is 0 Å². The summed E-state index contributed by atoms with van der Waals surface area (Å²) in [5.74, 6) is 1.73. The van der Waals surface area contributed by atoms with Crippen LogP contribution in [0, 0.1) is 0 Å². The lowest BCUT2D eigenvalue weighted by Gasteiger charge is -2.16. The van der Waals surface area contributed by atoms with E-state index in [2.05, 4.69) is 17.6 Å². The van der Waals surface area contributed by atoms with Crippen LogP contribution in [0.25, 0.3) is 0 Å². The Hall–Kier alpha value is -1.42. The Kier molecular flexibility index (Phi) is 6.36. The van der Waals surface area contributed by atoms with Crippen LogP contribution < -0.4 is 20.1 Å². The van der Waals surface area contributed by atoms with Gasteiger partial charge in [-0.3, -0.25) is 0 Å². The summed E-state index contributed by atoms with van der Waals surface area (Å²) in [7, 11) is 1.95. The molecular weight excluding hydrogens is 228 g/mol. The van der Waals surface area contributed by atoms with E-state index in [1.165, 1.54) is 0 Å². The van der Waals surface area contributed by atoms with Crippen LogP contribution in [0.1, 0.15) is 20.8 Å². The van der Waals surface area contributed by atoms with Gasteiger partial charge in [-0.15, -0.1) is 0 Å². The number of rotatable bonds is 8. The maximum atomic E-state index is 5.60. The standard InChI is InChI=1S/C14H24N2O2/c1-5-17-12-7-8-14(18-6-2)13(9-12)16-10-11(3)15-4/h7-9,11,15-16H,5-6,10H2,1-4H3. The van der Waals surface area contributed by atoms with Crippen LogP contribution in [0.3, 0.4) is 0 Å². The average molecular weight is 252 g/mol. The second-order valence-corrected chi connectivity index (χ2v) is 4.09. The quantitative estimate of drug-likeness (QED) is 0.746. The summed E-state index contributed by atoms with van der Waals surface area (Å²) in [6.07, 6.45) is 0. The number of benzene rings is 1. The van der Waals surface area contributed by atoms with Gasteiger partial charge in [-0.2, -0.15) is 0 Å². The van der Waals surface area contributed by atoms with Gasteiger partial charge >= 0.3 is 0 Å². The molecule has 0 fully saturated rings. The first-order chi connectivity index (χ1) is 8.71. The highest BCUT2D eigenvalue weighted by Crippen LogP contribution is 2.29. The van der Waals surface area contributed by atoms with Crippen molar-refractivity contribution in [3.05, 3.63) is 18.2 Å². The molecule has 0 saturated heterocycles. The summed E-state index contributed by atoms with van der Waals surface area (Å²) in [4.78, 5) is 0. The highest BCUT2D eigenvalue weighted by atomic mass is 16.5. The maximum Gasteiger partial charge on any atom is 0.142 e. The predicted molar refractivity (Wildman–Crippen MR) is 75.8 cm³/mol. The van der Waals surface area contributed by atoms with Crippen LogP contribution in [0.5, 0.6) is 11.5 Å². The molecule has 1 unspecified atom stereocenters. The largest absolute Gasteiger partial charge is 0.494 e. The molecule has 1 aromatic carbocycles. The van der Waals surface area contributed by atoms with Crippen molar-refractivity contribution in [2.75, 3.05) is 32.1 Å². The number of ether oxygens (including phenoxy) is 2. The predicted octanol–water partition coefficient (Wildman–Crippen LogP) is 2.50. The van der Waals surface area contributed by atoms with Crippen molar-refractivity contribution >= 4 is 5.69 Å². The second kappa shape index (κ2) is 7.82. The third kappa shape index (κ3) is 4.45. The molecule has 102 valence electrons. The third-order valence-electron chi connectivity index (χ3n) is 2.65. The Morgan fingerprint density at radius 1 is 1.17 bits per heavy atom. The first-order valence-electron chi connectivity index (χ1n) is 6.52. The van der Waals surface area contributed by atoms with Gasteiger partial charge in [-0.1, -0.05) is 0 Å². The monoisotopic (exact) mass is 252 g/mol. The minimum atomic E-state index is 0.398. The average Bonchev–Trinajstić information content (AvgIpc) is 2.39. The number of likely N-dealkylation sites (N-methyl/N-ethyl adjacent to an activating group) is 1. The fourth-order valence-electron chi connectivity index (χ4n) is 1.55. The van der Waals surface area contributed by atoms with E-state index in [4.69, 9.17) is 9.47 Å². The lowest BCUT2D eigenvalue weighted by molar-refractivity contribution is 0.331. The van der Waals surface area contributed by atoms with Gasteiger partial charge in [0.25, 0.3) is 0 Å². The molecule has 0 amide bonds. The fraction of sp³-hybridized carbons (Fsp3) is 0.571. The molecule has 1 atom stereocenters. The van der Waals surface area contributed by atoms with Gasteiger partial charge in [0.1, 0.15) is 11.5 Å². The molecule has 4 nitrogen and oxygen atoms in total. The third-order valence-corrected chi connectivity index (χ3v) is 2.65. The molecule has 0 radical (unpaired) electrons. The smallest absolute Gasteiger partial charge is 0.142 e. The topological polar surface area (TPSA) is 42.5 Å². The van der Waals surface area contributed by atoms with Crippen molar-refractivity contribution < 1.29 is 9.47 Å².